The number of rotatable bonds is 5. The first-order valence-corrected chi connectivity index (χ1v) is 4.83. The minimum Gasteiger partial charge on any atom is -0.445 e. The minimum atomic E-state index is 0.436. The van der Waals surface area contributed by atoms with Crippen molar-refractivity contribution in [3.05, 3.63) is 17.8 Å². The van der Waals surface area contributed by atoms with Crippen molar-refractivity contribution >= 4 is 0 Å². The van der Waals surface area contributed by atoms with Crippen molar-refractivity contribution in [3.63, 3.8) is 0 Å². The van der Waals surface area contributed by atoms with Gasteiger partial charge in [0.1, 0.15) is 5.76 Å². The molecule has 0 aromatic carbocycles. The highest BCUT2D eigenvalue weighted by Gasteiger charge is 2.06. The van der Waals surface area contributed by atoms with Crippen LogP contribution in [0.1, 0.15) is 37.8 Å². The summed E-state index contributed by atoms with van der Waals surface area (Å²) in [5, 5.41) is 3.10. The predicted octanol–water partition coefficient (Wildman–Crippen LogP) is 1.95. The van der Waals surface area contributed by atoms with Crippen LogP contribution < -0.4 is 5.32 Å². The van der Waals surface area contributed by atoms with E-state index in [4.69, 9.17) is 4.42 Å². The van der Waals surface area contributed by atoms with Crippen LogP contribution in [0.25, 0.3) is 0 Å². The number of aryl methyl sites for hydroxylation is 1. The maximum absolute atomic E-state index is 5.55. The van der Waals surface area contributed by atoms with E-state index < -0.39 is 0 Å². The highest BCUT2D eigenvalue weighted by Crippen LogP contribution is 2.15. The summed E-state index contributed by atoms with van der Waals surface area (Å²) in [4.78, 5) is 4.21. The fourth-order valence-electron chi connectivity index (χ4n) is 1.12. The Bertz CT molecular complexity index is 243. The first-order valence-electron chi connectivity index (χ1n) is 4.83. The topological polar surface area (TPSA) is 38.1 Å². The first kappa shape index (κ1) is 10.3. The van der Waals surface area contributed by atoms with Gasteiger partial charge < -0.3 is 9.73 Å². The van der Waals surface area contributed by atoms with Gasteiger partial charge in [0.05, 0.1) is 6.20 Å². The van der Waals surface area contributed by atoms with Gasteiger partial charge in [0.15, 0.2) is 5.89 Å². The van der Waals surface area contributed by atoms with Crippen LogP contribution in [0.2, 0.25) is 0 Å². The molecule has 0 bridgehead atoms. The number of hydrogen-bond donors (Lipinski definition) is 1. The lowest BCUT2D eigenvalue weighted by Gasteiger charge is -1.97. The van der Waals surface area contributed by atoms with Crippen LogP contribution in [0.5, 0.6) is 0 Å². The van der Waals surface area contributed by atoms with Crippen molar-refractivity contribution < 1.29 is 4.42 Å². The fourth-order valence-corrected chi connectivity index (χ4v) is 1.12. The molecular formula is C10H18N2O. The summed E-state index contributed by atoms with van der Waals surface area (Å²) in [6.07, 6.45) is 3.83. The van der Waals surface area contributed by atoms with Crippen molar-refractivity contribution in [3.8, 4) is 0 Å². The van der Waals surface area contributed by atoms with Crippen molar-refractivity contribution in [1.29, 1.82) is 0 Å². The van der Waals surface area contributed by atoms with Crippen molar-refractivity contribution in [1.82, 2.24) is 10.3 Å². The Hall–Kier alpha value is -0.830. The Morgan fingerprint density at radius 2 is 2.31 bits per heavy atom. The zero-order valence-corrected chi connectivity index (χ0v) is 8.63. The normalized spacial score (nSPS) is 11.1. The second-order valence-electron chi connectivity index (χ2n) is 3.52. The van der Waals surface area contributed by atoms with Crippen LogP contribution in [0.15, 0.2) is 10.6 Å². The molecule has 3 nitrogen and oxygen atoms in total. The zero-order chi connectivity index (χ0) is 9.68. The molecule has 0 saturated carbocycles. The third-order valence-electron chi connectivity index (χ3n) is 1.96. The van der Waals surface area contributed by atoms with E-state index in [9.17, 15) is 0 Å². The SMILES string of the molecule is CNCCCc1ncc(C(C)C)o1. The number of aromatic nitrogens is 1. The summed E-state index contributed by atoms with van der Waals surface area (Å²) in [5.74, 6) is 2.28. The Balaban J connectivity index is 2.40. The van der Waals surface area contributed by atoms with E-state index in [1.807, 2.05) is 13.2 Å². The minimum absolute atomic E-state index is 0.436. The summed E-state index contributed by atoms with van der Waals surface area (Å²) in [5.41, 5.74) is 0. The summed E-state index contributed by atoms with van der Waals surface area (Å²) >= 11 is 0. The van der Waals surface area contributed by atoms with Gasteiger partial charge in [0.2, 0.25) is 0 Å². The molecule has 0 fully saturated rings. The molecule has 74 valence electrons. The molecule has 1 aromatic heterocycles. The molecule has 1 N–H and O–H groups in total. The summed E-state index contributed by atoms with van der Waals surface area (Å²) < 4.78 is 5.55. The Morgan fingerprint density at radius 3 is 2.85 bits per heavy atom. The van der Waals surface area contributed by atoms with Gasteiger partial charge >= 0.3 is 0 Å². The Labute approximate surface area is 79.5 Å². The van der Waals surface area contributed by atoms with Crippen LogP contribution in [-0.2, 0) is 6.42 Å². The molecule has 0 aliphatic rings. The van der Waals surface area contributed by atoms with Gasteiger partial charge in [-0.3, -0.25) is 0 Å². The van der Waals surface area contributed by atoms with E-state index in [0.29, 0.717) is 5.92 Å². The van der Waals surface area contributed by atoms with Crippen LogP contribution in [-0.4, -0.2) is 18.6 Å². The van der Waals surface area contributed by atoms with Gasteiger partial charge in [0.25, 0.3) is 0 Å². The summed E-state index contributed by atoms with van der Waals surface area (Å²) in [6.45, 7) is 5.23. The molecule has 1 heterocycles. The smallest absolute Gasteiger partial charge is 0.194 e. The maximum atomic E-state index is 5.55. The third-order valence-corrected chi connectivity index (χ3v) is 1.96. The molecule has 0 amide bonds. The fraction of sp³-hybridized carbons (Fsp3) is 0.700. The number of hydrogen-bond acceptors (Lipinski definition) is 3. The van der Waals surface area contributed by atoms with Gasteiger partial charge in [-0.05, 0) is 20.0 Å². The van der Waals surface area contributed by atoms with E-state index in [1.165, 1.54) is 0 Å². The number of oxazole rings is 1. The van der Waals surface area contributed by atoms with Crippen molar-refractivity contribution in [2.24, 2.45) is 0 Å². The van der Waals surface area contributed by atoms with Crippen LogP contribution in [0.4, 0.5) is 0 Å². The molecule has 3 heteroatoms. The largest absolute Gasteiger partial charge is 0.445 e. The summed E-state index contributed by atoms with van der Waals surface area (Å²) in [7, 11) is 1.95. The highest BCUT2D eigenvalue weighted by molar-refractivity contribution is 4.98. The summed E-state index contributed by atoms with van der Waals surface area (Å²) in [6, 6.07) is 0. The molecule has 0 aliphatic carbocycles. The first-order chi connectivity index (χ1) is 6.24. The van der Waals surface area contributed by atoms with Crippen LogP contribution >= 0.6 is 0 Å². The van der Waals surface area contributed by atoms with Gasteiger partial charge in [-0.1, -0.05) is 13.8 Å². The number of nitrogens with zero attached hydrogens (tertiary/aromatic N) is 1. The van der Waals surface area contributed by atoms with Gasteiger partial charge in [0, 0.05) is 12.3 Å². The molecule has 0 saturated heterocycles. The zero-order valence-electron chi connectivity index (χ0n) is 8.63. The van der Waals surface area contributed by atoms with Crippen molar-refractivity contribution in [2.75, 3.05) is 13.6 Å². The third kappa shape index (κ3) is 3.19. The Morgan fingerprint density at radius 1 is 1.54 bits per heavy atom. The standard InChI is InChI=1S/C10H18N2O/c1-8(2)9-7-12-10(13-9)5-4-6-11-3/h7-8,11H,4-6H2,1-3H3. The lowest BCUT2D eigenvalue weighted by atomic mass is 10.2. The quantitative estimate of drug-likeness (QED) is 0.707. The molecule has 13 heavy (non-hydrogen) atoms. The monoisotopic (exact) mass is 182 g/mol. The maximum Gasteiger partial charge on any atom is 0.194 e. The Kier molecular flexibility index (Phi) is 3.96. The molecule has 0 atom stereocenters. The highest BCUT2D eigenvalue weighted by atomic mass is 16.4. The molecule has 0 spiro atoms. The molecule has 1 aromatic rings. The van der Waals surface area contributed by atoms with E-state index in [2.05, 4.69) is 24.1 Å². The second-order valence-corrected chi connectivity index (χ2v) is 3.52. The van der Waals surface area contributed by atoms with Gasteiger partial charge in [-0.25, -0.2) is 4.98 Å². The van der Waals surface area contributed by atoms with Gasteiger partial charge in [-0.15, -0.1) is 0 Å². The average molecular weight is 182 g/mol. The van der Waals surface area contributed by atoms with E-state index >= 15 is 0 Å². The molecule has 1 rings (SSSR count). The average Bonchev–Trinajstić information content (AvgIpc) is 2.53. The van der Waals surface area contributed by atoms with E-state index in [1.54, 1.807) is 0 Å². The van der Waals surface area contributed by atoms with Crippen LogP contribution in [0.3, 0.4) is 0 Å². The van der Waals surface area contributed by atoms with Crippen LogP contribution in [0, 0.1) is 0 Å². The van der Waals surface area contributed by atoms with E-state index in [0.717, 1.165) is 31.0 Å². The molecule has 0 unspecified atom stereocenters. The lowest BCUT2D eigenvalue weighted by Crippen LogP contribution is -2.08. The molecule has 0 aliphatic heterocycles. The van der Waals surface area contributed by atoms with Gasteiger partial charge in [-0.2, -0.15) is 0 Å². The molecule has 0 radical (unpaired) electrons. The second kappa shape index (κ2) is 5.02. The molecular weight excluding hydrogens is 164 g/mol. The van der Waals surface area contributed by atoms with Crippen molar-refractivity contribution in [2.45, 2.75) is 32.6 Å². The predicted molar refractivity (Wildman–Crippen MR) is 52.8 cm³/mol. The lowest BCUT2D eigenvalue weighted by molar-refractivity contribution is 0.433. The van der Waals surface area contributed by atoms with E-state index in [-0.39, 0.29) is 0 Å². The number of nitrogens with one attached hydrogen (secondary N) is 1.